The molecule has 1 nitrogen and oxygen atoms in total. The fourth-order valence-corrected chi connectivity index (χ4v) is 1.09. The van der Waals surface area contributed by atoms with Crippen molar-refractivity contribution in [3.8, 4) is 0 Å². The monoisotopic (exact) mass is 242 g/mol. The summed E-state index contributed by atoms with van der Waals surface area (Å²) < 4.78 is 57.5. The first-order valence-corrected chi connectivity index (χ1v) is 3.66. The van der Waals surface area contributed by atoms with Gasteiger partial charge in [-0.2, -0.15) is 13.2 Å². The molecule has 0 N–H and O–H groups in total. The summed E-state index contributed by atoms with van der Waals surface area (Å²) in [7, 11) is 0. The lowest BCUT2D eigenvalue weighted by atomic mass is 10.3. The Morgan fingerprint density at radius 3 is 2.67 bits per heavy atom. The molecule has 1 aromatic rings. The van der Waals surface area contributed by atoms with Gasteiger partial charge in [0.15, 0.2) is 5.69 Å². The molecule has 0 aliphatic rings. The van der Waals surface area contributed by atoms with Gasteiger partial charge in [0, 0.05) is 14.3 Å². The third kappa shape index (κ3) is 1.97. The van der Waals surface area contributed by atoms with Crippen LogP contribution in [0.5, 0.6) is 0 Å². The van der Waals surface area contributed by atoms with Crippen molar-refractivity contribution in [2.45, 2.75) is 13.0 Å². The van der Waals surface area contributed by atoms with Crippen molar-refractivity contribution >= 4 is 15.9 Å². The van der Waals surface area contributed by atoms with Crippen molar-refractivity contribution < 1.29 is 17.3 Å². The lowest BCUT2D eigenvalue weighted by molar-refractivity contribution is -0.141. The van der Waals surface area contributed by atoms with E-state index < -0.39 is 24.4 Å². The SMILES string of the molecule is [2H]C([2H])([2H])c1ccc(Br)c(C(F)(F)F)n1. The van der Waals surface area contributed by atoms with Gasteiger partial charge in [-0.3, -0.25) is 0 Å². The molecule has 0 spiro atoms. The van der Waals surface area contributed by atoms with E-state index in [4.69, 9.17) is 4.11 Å². The molecule has 0 aromatic carbocycles. The van der Waals surface area contributed by atoms with Gasteiger partial charge in [0.2, 0.25) is 0 Å². The van der Waals surface area contributed by atoms with Crippen LogP contribution in [-0.4, -0.2) is 4.98 Å². The molecule has 0 aliphatic carbocycles. The molecule has 0 unspecified atom stereocenters. The second kappa shape index (κ2) is 3.05. The van der Waals surface area contributed by atoms with Gasteiger partial charge in [-0.15, -0.1) is 0 Å². The van der Waals surface area contributed by atoms with Crippen LogP contribution in [0.25, 0.3) is 0 Å². The molecule has 0 fully saturated rings. The van der Waals surface area contributed by atoms with Gasteiger partial charge in [-0.05, 0) is 34.9 Å². The number of aromatic nitrogens is 1. The first-order chi connectivity index (χ1) is 6.62. The van der Waals surface area contributed by atoms with Gasteiger partial charge in [-0.1, -0.05) is 0 Å². The minimum atomic E-state index is -4.67. The molecule has 0 radical (unpaired) electrons. The zero-order valence-electron chi connectivity index (χ0n) is 8.61. The highest BCUT2D eigenvalue weighted by molar-refractivity contribution is 9.10. The Kier molecular flexibility index (Phi) is 1.51. The number of nitrogens with zero attached hydrogens (tertiary/aromatic N) is 1. The standard InChI is InChI=1S/C7H5BrF3N/c1-4-2-3-5(8)6(12-4)7(9,10)11/h2-3H,1H3/i1D3. The predicted octanol–water partition coefficient (Wildman–Crippen LogP) is 3.17. The highest BCUT2D eigenvalue weighted by atomic mass is 79.9. The minimum Gasteiger partial charge on any atom is -0.248 e. The highest BCUT2D eigenvalue weighted by Crippen LogP contribution is 2.32. The fraction of sp³-hybridized carbons (Fsp3) is 0.286. The molecule has 0 aliphatic heterocycles. The first-order valence-electron chi connectivity index (χ1n) is 4.36. The third-order valence-corrected chi connectivity index (χ3v) is 1.75. The number of hydrogen-bond donors (Lipinski definition) is 0. The maximum absolute atomic E-state index is 12.3. The minimum absolute atomic E-state index is 0.275. The van der Waals surface area contributed by atoms with Gasteiger partial charge >= 0.3 is 6.18 Å². The lowest BCUT2D eigenvalue weighted by Gasteiger charge is -2.07. The number of hydrogen-bond acceptors (Lipinski definition) is 1. The van der Waals surface area contributed by atoms with Crippen LogP contribution in [0.1, 0.15) is 15.5 Å². The Morgan fingerprint density at radius 2 is 2.17 bits per heavy atom. The number of pyridine rings is 1. The predicted molar refractivity (Wildman–Crippen MR) is 41.7 cm³/mol. The maximum atomic E-state index is 12.3. The van der Waals surface area contributed by atoms with Crippen LogP contribution in [0, 0.1) is 6.85 Å². The Hall–Kier alpha value is -0.580. The summed E-state index contributed by atoms with van der Waals surface area (Å²) in [4.78, 5) is 3.08. The van der Waals surface area contributed by atoms with Crippen LogP contribution in [0.4, 0.5) is 13.2 Å². The van der Waals surface area contributed by atoms with Crippen LogP contribution >= 0.6 is 15.9 Å². The molecule has 1 aromatic heterocycles. The van der Waals surface area contributed by atoms with Gasteiger partial charge in [0.1, 0.15) is 0 Å². The van der Waals surface area contributed by atoms with Crippen LogP contribution in [0.2, 0.25) is 0 Å². The quantitative estimate of drug-likeness (QED) is 0.681. The Balaban J connectivity index is 3.30. The van der Waals surface area contributed by atoms with Crippen molar-refractivity contribution in [3.05, 3.63) is 28.0 Å². The van der Waals surface area contributed by atoms with Crippen LogP contribution in [0.3, 0.4) is 0 Å². The van der Waals surface area contributed by atoms with E-state index >= 15 is 0 Å². The molecule has 66 valence electrons. The van der Waals surface area contributed by atoms with E-state index in [9.17, 15) is 13.2 Å². The van der Waals surface area contributed by atoms with E-state index in [1.165, 1.54) is 0 Å². The van der Waals surface area contributed by atoms with Crippen molar-refractivity contribution in [1.82, 2.24) is 4.98 Å². The van der Waals surface area contributed by atoms with Crippen LogP contribution < -0.4 is 0 Å². The summed E-state index contributed by atoms with van der Waals surface area (Å²) in [5.41, 5.74) is -1.80. The summed E-state index contributed by atoms with van der Waals surface area (Å²) in [5.74, 6) is 0. The largest absolute Gasteiger partial charge is 0.434 e. The number of halogens is 4. The molecule has 12 heavy (non-hydrogen) atoms. The van der Waals surface area contributed by atoms with E-state index in [1.807, 2.05) is 0 Å². The summed E-state index contributed by atoms with van der Waals surface area (Å²) >= 11 is 2.67. The Labute approximate surface area is 80.0 Å². The van der Waals surface area contributed by atoms with E-state index in [0.29, 0.717) is 0 Å². The summed E-state index contributed by atoms with van der Waals surface area (Å²) in [6.07, 6.45) is -4.67. The van der Waals surface area contributed by atoms with Crippen LogP contribution in [0.15, 0.2) is 16.6 Å². The second-order valence-corrected chi connectivity index (χ2v) is 2.88. The van der Waals surface area contributed by atoms with E-state index in [2.05, 4.69) is 20.9 Å². The normalized spacial score (nSPS) is 16.5. The van der Waals surface area contributed by atoms with E-state index in [0.717, 1.165) is 12.1 Å². The topological polar surface area (TPSA) is 12.9 Å². The van der Waals surface area contributed by atoms with E-state index in [1.54, 1.807) is 0 Å². The summed E-state index contributed by atoms with van der Waals surface area (Å²) in [6.45, 7) is -2.64. The highest BCUT2D eigenvalue weighted by Gasteiger charge is 2.34. The number of rotatable bonds is 0. The average Bonchev–Trinajstić information content (AvgIpc) is 2.00. The molecular weight excluding hydrogens is 235 g/mol. The molecular formula is C7H5BrF3N. The van der Waals surface area contributed by atoms with Gasteiger partial charge in [0.05, 0.1) is 0 Å². The van der Waals surface area contributed by atoms with Crippen molar-refractivity contribution in [2.75, 3.05) is 0 Å². The van der Waals surface area contributed by atoms with Gasteiger partial charge < -0.3 is 0 Å². The van der Waals surface area contributed by atoms with Crippen molar-refractivity contribution in [1.29, 1.82) is 0 Å². The maximum Gasteiger partial charge on any atom is 0.434 e. The molecule has 0 atom stereocenters. The summed E-state index contributed by atoms with van der Waals surface area (Å²) in [5, 5.41) is 0. The number of aryl methyl sites for hydroxylation is 1. The average molecular weight is 243 g/mol. The molecule has 0 amide bonds. The van der Waals surface area contributed by atoms with Crippen LogP contribution in [-0.2, 0) is 6.18 Å². The van der Waals surface area contributed by atoms with Gasteiger partial charge in [0.25, 0.3) is 0 Å². The molecule has 0 bridgehead atoms. The zero-order chi connectivity index (χ0) is 11.9. The lowest BCUT2D eigenvalue weighted by Crippen LogP contribution is -2.09. The second-order valence-electron chi connectivity index (χ2n) is 2.02. The molecule has 5 heteroatoms. The van der Waals surface area contributed by atoms with E-state index in [-0.39, 0.29) is 4.47 Å². The summed E-state index contributed by atoms with van der Waals surface area (Å²) in [6, 6.07) is 2.06. The molecule has 0 saturated heterocycles. The third-order valence-electron chi connectivity index (χ3n) is 1.11. The van der Waals surface area contributed by atoms with Crippen molar-refractivity contribution in [2.24, 2.45) is 0 Å². The molecule has 1 rings (SSSR count). The zero-order valence-corrected chi connectivity index (χ0v) is 7.20. The fourth-order valence-electron chi connectivity index (χ4n) is 0.641. The van der Waals surface area contributed by atoms with Crippen molar-refractivity contribution in [3.63, 3.8) is 0 Å². The smallest absolute Gasteiger partial charge is 0.248 e. The number of alkyl halides is 3. The molecule has 1 heterocycles. The Bertz CT molecular complexity index is 375. The first kappa shape index (κ1) is 5.96. The Morgan fingerprint density at radius 1 is 1.50 bits per heavy atom. The molecule has 0 saturated carbocycles. The van der Waals surface area contributed by atoms with Gasteiger partial charge in [-0.25, -0.2) is 4.98 Å².